The molecule has 1 aromatic heterocycles. The van der Waals surface area contributed by atoms with Gasteiger partial charge in [-0.1, -0.05) is 25.6 Å². The molecule has 1 unspecified atom stereocenters. The molecule has 0 aromatic carbocycles. The van der Waals surface area contributed by atoms with Gasteiger partial charge in [0.25, 0.3) is 5.91 Å². The normalized spacial score (nSPS) is 11.8. The third-order valence-electron chi connectivity index (χ3n) is 4.05. The molecule has 0 aliphatic rings. The van der Waals surface area contributed by atoms with Crippen LogP contribution >= 0.6 is 11.8 Å². The van der Waals surface area contributed by atoms with Crippen molar-refractivity contribution in [3.63, 3.8) is 0 Å². The Hall–Kier alpha value is -2.16. The van der Waals surface area contributed by atoms with Gasteiger partial charge in [0.2, 0.25) is 0 Å². The standard InChI is InChI=1S/C19H29N3O5S/c1-11(2)9-15(18(25)26-5)22-16(23)10-27-17(24)8-7-14-12(3)20-19(28-6)21-13(14)4/h11,15H,7-10H2,1-6H3,(H,22,23). The first-order chi connectivity index (χ1) is 13.2. The molecule has 1 aromatic rings. The number of aryl methyl sites for hydroxylation is 2. The Morgan fingerprint density at radius 3 is 2.25 bits per heavy atom. The molecule has 0 spiro atoms. The fraction of sp³-hybridized carbons (Fsp3) is 0.632. The summed E-state index contributed by atoms with van der Waals surface area (Å²) < 4.78 is 9.71. The molecule has 156 valence electrons. The van der Waals surface area contributed by atoms with Crippen molar-refractivity contribution in [2.45, 2.75) is 58.2 Å². The van der Waals surface area contributed by atoms with Crippen molar-refractivity contribution < 1.29 is 23.9 Å². The number of rotatable bonds is 10. The quantitative estimate of drug-likeness (QED) is 0.354. The Labute approximate surface area is 170 Å². The summed E-state index contributed by atoms with van der Waals surface area (Å²) >= 11 is 1.46. The highest BCUT2D eigenvalue weighted by Gasteiger charge is 2.23. The maximum absolute atomic E-state index is 12.0. The van der Waals surface area contributed by atoms with Crippen LogP contribution in [0.1, 0.15) is 43.6 Å². The molecule has 0 radical (unpaired) electrons. The van der Waals surface area contributed by atoms with Gasteiger partial charge in [0.1, 0.15) is 6.04 Å². The summed E-state index contributed by atoms with van der Waals surface area (Å²) in [4.78, 5) is 44.5. The lowest BCUT2D eigenvalue weighted by molar-refractivity contribution is -0.150. The number of thioether (sulfide) groups is 1. The number of hydrogen-bond donors (Lipinski definition) is 1. The second kappa shape index (κ2) is 11.6. The predicted octanol–water partition coefficient (Wildman–Crippen LogP) is 2.00. The average molecular weight is 412 g/mol. The van der Waals surface area contributed by atoms with E-state index in [4.69, 9.17) is 9.47 Å². The number of nitrogens with zero attached hydrogens (tertiary/aromatic N) is 2. The molecule has 1 N–H and O–H groups in total. The maximum atomic E-state index is 12.0. The van der Waals surface area contributed by atoms with Gasteiger partial charge in [0, 0.05) is 17.8 Å². The largest absolute Gasteiger partial charge is 0.467 e. The minimum atomic E-state index is -0.756. The average Bonchev–Trinajstić information content (AvgIpc) is 2.63. The fourth-order valence-electron chi connectivity index (χ4n) is 2.67. The number of carbonyl (C=O) groups is 3. The Morgan fingerprint density at radius 2 is 1.75 bits per heavy atom. The SMILES string of the molecule is COC(=O)C(CC(C)C)NC(=O)COC(=O)CCc1c(C)nc(SC)nc1C. The van der Waals surface area contributed by atoms with Crippen LogP contribution in [0, 0.1) is 19.8 Å². The summed E-state index contributed by atoms with van der Waals surface area (Å²) in [7, 11) is 1.27. The fourth-order valence-corrected chi connectivity index (χ4v) is 3.13. The van der Waals surface area contributed by atoms with E-state index in [0.29, 0.717) is 18.0 Å². The molecule has 0 fully saturated rings. The first-order valence-corrected chi connectivity index (χ1v) is 10.3. The Balaban J connectivity index is 2.52. The molecule has 0 aliphatic heterocycles. The maximum Gasteiger partial charge on any atom is 0.328 e. The summed E-state index contributed by atoms with van der Waals surface area (Å²) in [6, 6.07) is -0.756. The molecule has 0 saturated heterocycles. The van der Waals surface area contributed by atoms with Gasteiger partial charge in [0.15, 0.2) is 11.8 Å². The summed E-state index contributed by atoms with van der Waals surface area (Å²) in [5, 5.41) is 3.24. The zero-order valence-corrected chi connectivity index (χ0v) is 18.1. The van der Waals surface area contributed by atoms with Crippen molar-refractivity contribution in [1.82, 2.24) is 15.3 Å². The number of amides is 1. The van der Waals surface area contributed by atoms with Crippen LogP contribution in [0.15, 0.2) is 5.16 Å². The third-order valence-corrected chi connectivity index (χ3v) is 4.60. The van der Waals surface area contributed by atoms with E-state index >= 15 is 0 Å². The molecular formula is C19H29N3O5S. The van der Waals surface area contributed by atoms with Crippen LogP contribution in [-0.4, -0.2) is 53.8 Å². The van der Waals surface area contributed by atoms with Gasteiger partial charge in [-0.05, 0) is 44.4 Å². The number of ether oxygens (including phenoxy) is 2. The summed E-state index contributed by atoms with van der Waals surface area (Å²) in [6.07, 6.45) is 2.90. The zero-order valence-electron chi connectivity index (χ0n) is 17.3. The molecule has 1 heterocycles. The summed E-state index contributed by atoms with van der Waals surface area (Å²) in [5.41, 5.74) is 2.57. The van der Waals surface area contributed by atoms with Crippen LogP contribution in [0.4, 0.5) is 0 Å². The van der Waals surface area contributed by atoms with Crippen LogP contribution in [-0.2, 0) is 30.3 Å². The van der Waals surface area contributed by atoms with Gasteiger partial charge in [0.05, 0.1) is 7.11 Å². The topological polar surface area (TPSA) is 107 Å². The van der Waals surface area contributed by atoms with E-state index in [0.717, 1.165) is 17.0 Å². The van der Waals surface area contributed by atoms with Crippen LogP contribution in [0.25, 0.3) is 0 Å². The highest BCUT2D eigenvalue weighted by molar-refractivity contribution is 7.98. The first-order valence-electron chi connectivity index (χ1n) is 9.08. The highest BCUT2D eigenvalue weighted by Crippen LogP contribution is 2.17. The van der Waals surface area contributed by atoms with Crippen molar-refractivity contribution in [3.05, 3.63) is 17.0 Å². The lowest BCUT2D eigenvalue weighted by atomic mass is 10.0. The molecule has 1 rings (SSSR count). The van der Waals surface area contributed by atoms with Gasteiger partial charge in [-0.2, -0.15) is 0 Å². The summed E-state index contributed by atoms with van der Waals surface area (Å²) in [5.74, 6) is -1.36. The van der Waals surface area contributed by atoms with Gasteiger partial charge >= 0.3 is 11.9 Å². The second-order valence-corrected chi connectivity index (χ2v) is 7.57. The van der Waals surface area contributed by atoms with E-state index in [1.165, 1.54) is 18.9 Å². The Bertz CT molecular complexity index is 686. The number of aromatic nitrogens is 2. The van der Waals surface area contributed by atoms with Gasteiger partial charge in [-0.15, -0.1) is 0 Å². The van der Waals surface area contributed by atoms with Gasteiger partial charge in [-0.25, -0.2) is 14.8 Å². The van der Waals surface area contributed by atoms with Gasteiger partial charge in [-0.3, -0.25) is 9.59 Å². The Kier molecular flexibility index (Phi) is 9.92. The molecule has 9 heteroatoms. The number of methoxy groups -OCH3 is 1. The predicted molar refractivity (Wildman–Crippen MR) is 106 cm³/mol. The van der Waals surface area contributed by atoms with E-state index < -0.39 is 30.5 Å². The minimum Gasteiger partial charge on any atom is -0.467 e. The van der Waals surface area contributed by atoms with Crippen LogP contribution < -0.4 is 5.32 Å². The number of esters is 2. The lowest BCUT2D eigenvalue weighted by Crippen LogP contribution is -2.44. The van der Waals surface area contributed by atoms with Crippen molar-refractivity contribution >= 4 is 29.6 Å². The van der Waals surface area contributed by atoms with Crippen molar-refractivity contribution in [2.24, 2.45) is 5.92 Å². The smallest absolute Gasteiger partial charge is 0.328 e. The van der Waals surface area contributed by atoms with E-state index in [2.05, 4.69) is 15.3 Å². The number of carbonyl (C=O) groups excluding carboxylic acids is 3. The molecule has 28 heavy (non-hydrogen) atoms. The highest BCUT2D eigenvalue weighted by atomic mass is 32.2. The van der Waals surface area contributed by atoms with E-state index in [1.54, 1.807) is 0 Å². The van der Waals surface area contributed by atoms with Crippen LogP contribution in [0.5, 0.6) is 0 Å². The Morgan fingerprint density at radius 1 is 1.14 bits per heavy atom. The molecule has 0 bridgehead atoms. The van der Waals surface area contributed by atoms with Crippen LogP contribution in [0.2, 0.25) is 0 Å². The molecular weight excluding hydrogens is 382 g/mol. The molecule has 0 saturated carbocycles. The zero-order chi connectivity index (χ0) is 21.3. The second-order valence-electron chi connectivity index (χ2n) is 6.79. The summed E-state index contributed by atoms with van der Waals surface area (Å²) in [6.45, 7) is 7.18. The third kappa shape index (κ3) is 7.84. The van der Waals surface area contributed by atoms with Crippen molar-refractivity contribution in [3.8, 4) is 0 Å². The van der Waals surface area contributed by atoms with E-state index in [-0.39, 0.29) is 12.3 Å². The lowest BCUT2D eigenvalue weighted by Gasteiger charge is -2.18. The van der Waals surface area contributed by atoms with E-state index in [9.17, 15) is 14.4 Å². The minimum absolute atomic E-state index is 0.114. The number of hydrogen-bond acceptors (Lipinski definition) is 8. The van der Waals surface area contributed by atoms with Crippen LogP contribution in [0.3, 0.4) is 0 Å². The van der Waals surface area contributed by atoms with Gasteiger partial charge < -0.3 is 14.8 Å². The molecule has 1 amide bonds. The van der Waals surface area contributed by atoms with Crippen molar-refractivity contribution in [2.75, 3.05) is 20.0 Å². The van der Waals surface area contributed by atoms with Crippen molar-refractivity contribution in [1.29, 1.82) is 0 Å². The molecule has 0 aliphatic carbocycles. The molecule has 1 atom stereocenters. The first kappa shape index (κ1) is 23.9. The monoisotopic (exact) mass is 411 g/mol. The van der Waals surface area contributed by atoms with E-state index in [1.807, 2.05) is 34.0 Å². The number of nitrogens with one attached hydrogen (secondary N) is 1. The molecule has 8 nitrogen and oxygen atoms in total.